The predicted octanol–water partition coefficient (Wildman–Crippen LogP) is 2.82. The monoisotopic (exact) mass is 257 g/mol. The van der Waals surface area contributed by atoms with E-state index in [0.29, 0.717) is 0 Å². The van der Waals surface area contributed by atoms with Crippen LogP contribution >= 0.6 is 0 Å². The standard InChI is InChI=1S/C14H27NO3/c1-5-8-9-11(7-3)13(16)15-12(14(17)18)10(4)6-2/h10-12H,5-9H2,1-4H3,(H,15,16)(H,17,18)/t10?,11?,12-/m0/s1. The van der Waals surface area contributed by atoms with Crippen molar-refractivity contribution in [2.24, 2.45) is 11.8 Å². The summed E-state index contributed by atoms with van der Waals surface area (Å²) in [6.07, 6.45) is 4.40. The Balaban J connectivity index is 4.51. The summed E-state index contributed by atoms with van der Waals surface area (Å²) in [5.74, 6) is -1.16. The molecule has 3 atom stereocenters. The maximum Gasteiger partial charge on any atom is 0.326 e. The van der Waals surface area contributed by atoms with Gasteiger partial charge in [-0.25, -0.2) is 4.79 Å². The van der Waals surface area contributed by atoms with Crippen LogP contribution in [0.1, 0.15) is 59.8 Å². The molecule has 0 aromatic heterocycles. The second-order valence-corrected chi connectivity index (χ2v) is 4.96. The maximum absolute atomic E-state index is 12.0. The lowest BCUT2D eigenvalue weighted by molar-refractivity contribution is -0.144. The highest BCUT2D eigenvalue weighted by molar-refractivity contribution is 5.85. The number of carbonyl (C=O) groups excluding carboxylic acids is 1. The highest BCUT2D eigenvalue weighted by Gasteiger charge is 2.27. The van der Waals surface area contributed by atoms with E-state index in [2.05, 4.69) is 12.2 Å². The van der Waals surface area contributed by atoms with Gasteiger partial charge >= 0.3 is 5.97 Å². The molecule has 0 fully saturated rings. The SMILES string of the molecule is CCCCC(CC)C(=O)N[C@H](C(=O)O)C(C)CC. The van der Waals surface area contributed by atoms with Gasteiger partial charge in [0, 0.05) is 5.92 Å². The Morgan fingerprint density at radius 2 is 1.78 bits per heavy atom. The fraction of sp³-hybridized carbons (Fsp3) is 0.857. The number of hydrogen-bond donors (Lipinski definition) is 2. The Morgan fingerprint density at radius 1 is 1.17 bits per heavy atom. The molecule has 106 valence electrons. The number of carbonyl (C=O) groups is 2. The van der Waals surface area contributed by atoms with Crippen LogP contribution in [0.15, 0.2) is 0 Å². The van der Waals surface area contributed by atoms with Crippen molar-refractivity contribution < 1.29 is 14.7 Å². The lowest BCUT2D eigenvalue weighted by Gasteiger charge is -2.23. The zero-order valence-corrected chi connectivity index (χ0v) is 12.0. The molecule has 0 aromatic carbocycles. The zero-order valence-electron chi connectivity index (χ0n) is 12.0. The summed E-state index contributed by atoms with van der Waals surface area (Å²) in [5.41, 5.74) is 0. The minimum Gasteiger partial charge on any atom is -0.480 e. The van der Waals surface area contributed by atoms with Crippen molar-refractivity contribution in [3.63, 3.8) is 0 Å². The molecule has 0 aliphatic rings. The third-order valence-corrected chi connectivity index (χ3v) is 3.55. The average Bonchev–Trinajstić information content (AvgIpc) is 2.35. The van der Waals surface area contributed by atoms with E-state index in [0.717, 1.165) is 32.1 Å². The lowest BCUT2D eigenvalue weighted by atomic mass is 9.95. The van der Waals surface area contributed by atoms with E-state index >= 15 is 0 Å². The van der Waals surface area contributed by atoms with Crippen LogP contribution in [-0.4, -0.2) is 23.0 Å². The van der Waals surface area contributed by atoms with E-state index in [1.54, 1.807) is 0 Å². The first-order valence-electron chi connectivity index (χ1n) is 7.00. The van der Waals surface area contributed by atoms with Gasteiger partial charge in [-0.05, 0) is 18.8 Å². The van der Waals surface area contributed by atoms with E-state index < -0.39 is 12.0 Å². The summed E-state index contributed by atoms with van der Waals surface area (Å²) >= 11 is 0. The largest absolute Gasteiger partial charge is 0.480 e. The number of rotatable bonds is 9. The number of nitrogens with one attached hydrogen (secondary N) is 1. The molecule has 2 unspecified atom stereocenters. The molecule has 0 aliphatic carbocycles. The number of unbranched alkanes of at least 4 members (excludes halogenated alkanes) is 1. The Labute approximate surface area is 110 Å². The highest BCUT2D eigenvalue weighted by atomic mass is 16.4. The molecule has 0 heterocycles. The van der Waals surface area contributed by atoms with Gasteiger partial charge in [0.05, 0.1) is 0 Å². The Bertz CT molecular complexity index is 266. The number of carboxylic acids is 1. The molecule has 2 N–H and O–H groups in total. The second-order valence-electron chi connectivity index (χ2n) is 4.96. The smallest absolute Gasteiger partial charge is 0.326 e. The van der Waals surface area contributed by atoms with Crippen molar-refractivity contribution >= 4 is 11.9 Å². The fourth-order valence-corrected chi connectivity index (χ4v) is 1.93. The first kappa shape index (κ1) is 16.9. The molecular formula is C14H27NO3. The van der Waals surface area contributed by atoms with E-state index in [4.69, 9.17) is 5.11 Å². The van der Waals surface area contributed by atoms with Crippen LogP contribution < -0.4 is 5.32 Å². The molecule has 0 saturated carbocycles. The van der Waals surface area contributed by atoms with Crippen molar-refractivity contribution in [2.75, 3.05) is 0 Å². The third-order valence-electron chi connectivity index (χ3n) is 3.55. The molecule has 4 heteroatoms. The van der Waals surface area contributed by atoms with E-state index in [1.807, 2.05) is 20.8 Å². The average molecular weight is 257 g/mol. The van der Waals surface area contributed by atoms with Crippen molar-refractivity contribution in [3.05, 3.63) is 0 Å². The second kappa shape index (κ2) is 8.95. The van der Waals surface area contributed by atoms with Crippen LogP contribution in [0, 0.1) is 11.8 Å². The maximum atomic E-state index is 12.0. The van der Waals surface area contributed by atoms with Crippen molar-refractivity contribution in [3.8, 4) is 0 Å². The normalized spacial score (nSPS) is 15.8. The van der Waals surface area contributed by atoms with Crippen LogP contribution in [0.2, 0.25) is 0 Å². The van der Waals surface area contributed by atoms with Crippen LogP contribution in [0.3, 0.4) is 0 Å². The van der Waals surface area contributed by atoms with E-state index in [1.165, 1.54) is 0 Å². The first-order chi connectivity index (χ1) is 8.47. The molecular weight excluding hydrogens is 230 g/mol. The van der Waals surface area contributed by atoms with Gasteiger partial charge < -0.3 is 10.4 Å². The van der Waals surface area contributed by atoms with Crippen LogP contribution in [-0.2, 0) is 9.59 Å². The van der Waals surface area contributed by atoms with Gasteiger partial charge in [-0.15, -0.1) is 0 Å². The van der Waals surface area contributed by atoms with Gasteiger partial charge in [0.15, 0.2) is 0 Å². The van der Waals surface area contributed by atoms with E-state index in [9.17, 15) is 9.59 Å². The van der Waals surface area contributed by atoms with Crippen molar-refractivity contribution in [1.29, 1.82) is 0 Å². The Kier molecular flexibility index (Phi) is 8.42. The van der Waals surface area contributed by atoms with Gasteiger partial charge in [-0.1, -0.05) is 47.0 Å². The Hall–Kier alpha value is -1.06. The fourth-order valence-electron chi connectivity index (χ4n) is 1.93. The number of hydrogen-bond acceptors (Lipinski definition) is 2. The molecule has 0 radical (unpaired) electrons. The minimum atomic E-state index is -0.942. The topological polar surface area (TPSA) is 66.4 Å². The summed E-state index contributed by atoms with van der Waals surface area (Å²) in [4.78, 5) is 23.2. The van der Waals surface area contributed by atoms with Crippen LogP contribution in [0.5, 0.6) is 0 Å². The van der Waals surface area contributed by atoms with Gasteiger partial charge in [0.25, 0.3) is 0 Å². The summed E-state index contributed by atoms with van der Waals surface area (Å²) < 4.78 is 0. The summed E-state index contributed by atoms with van der Waals surface area (Å²) in [7, 11) is 0. The highest BCUT2D eigenvalue weighted by Crippen LogP contribution is 2.15. The molecule has 4 nitrogen and oxygen atoms in total. The molecule has 1 amide bonds. The summed E-state index contributed by atoms with van der Waals surface area (Å²) in [5, 5.41) is 11.8. The minimum absolute atomic E-state index is 0.0462. The van der Waals surface area contributed by atoms with Gasteiger partial charge in [0.1, 0.15) is 6.04 Å². The first-order valence-corrected chi connectivity index (χ1v) is 7.00. The number of amides is 1. The summed E-state index contributed by atoms with van der Waals surface area (Å²) in [6.45, 7) is 7.84. The summed E-state index contributed by atoms with van der Waals surface area (Å²) in [6, 6.07) is -0.766. The van der Waals surface area contributed by atoms with Gasteiger partial charge in [-0.2, -0.15) is 0 Å². The molecule has 0 bridgehead atoms. The van der Waals surface area contributed by atoms with E-state index in [-0.39, 0.29) is 17.7 Å². The van der Waals surface area contributed by atoms with Crippen molar-refractivity contribution in [2.45, 2.75) is 65.8 Å². The number of carboxylic acid groups (broad SMARTS) is 1. The number of aliphatic carboxylic acids is 1. The van der Waals surface area contributed by atoms with Crippen LogP contribution in [0.4, 0.5) is 0 Å². The molecule has 0 saturated heterocycles. The quantitative estimate of drug-likeness (QED) is 0.667. The lowest BCUT2D eigenvalue weighted by Crippen LogP contribution is -2.47. The molecule has 0 spiro atoms. The third kappa shape index (κ3) is 5.52. The Morgan fingerprint density at radius 3 is 2.17 bits per heavy atom. The molecule has 18 heavy (non-hydrogen) atoms. The molecule has 0 aliphatic heterocycles. The van der Waals surface area contributed by atoms with Gasteiger partial charge in [0.2, 0.25) is 5.91 Å². The van der Waals surface area contributed by atoms with Crippen molar-refractivity contribution in [1.82, 2.24) is 5.32 Å². The molecule has 0 rings (SSSR count). The van der Waals surface area contributed by atoms with Gasteiger partial charge in [-0.3, -0.25) is 4.79 Å². The zero-order chi connectivity index (χ0) is 14.1. The molecule has 0 aromatic rings. The predicted molar refractivity (Wildman–Crippen MR) is 72.3 cm³/mol. The van der Waals surface area contributed by atoms with Crippen LogP contribution in [0.25, 0.3) is 0 Å².